The summed E-state index contributed by atoms with van der Waals surface area (Å²) in [6, 6.07) is 9.99. The highest BCUT2D eigenvalue weighted by Crippen LogP contribution is 2.25. The van der Waals surface area contributed by atoms with Gasteiger partial charge in [-0.1, -0.05) is 18.2 Å². The minimum absolute atomic E-state index is 0.0322. The Balaban J connectivity index is 2.19. The summed E-state index contributed by atoms with van der Waals surface area (Å²) in [5.41, 5.74) is 1.88. The normalized spacial score (nSPS) is 11.0. The summed E-state index contributed by atoms with van der Waals surface area (Å²) in [6.45, 7) is 0.791. The van der Waals surface area contributed by atoms with Crippen LogP contribution in [0.1, 0.15) is 12.0 Å². The second-order valence-corrected chi connectivity index (χ2v) is 5.08. The first-order valence-electron chi connectivity index (χ1n) is 5.96. The molecule has 0 saturated carbocycles. The third kappa shape index (κ3) is 3.22. The summed E-state index contributed by atoms with van der Waals surface area (Å²) >= 11 is 1.68. The van der Waals surface area contributed by atoms with Gasteiger partial charge < -0.3 is 9.84 Å². The van der Waals surface area contributed by atoms with Crippen LogP contribution < -0.4 is 0 Å². The second-order valence-electron chi connectivity index (χ2n) is 4.00. The molecule has 1 N–H and O–H groups in total. The van der Waals surface area contributed by atoms with Crippen LogP contribution in [0.5, 0.6) is 0 Å². The summed E-state index contributed by atoms with van der Waals surface area (Å²) < 4.78 is 5.02. The van der Waals surface area contributed by atoms with E-state index in [2.05, 4.69) is 4.98 Å². The molecule has 1 aromatic carbocycles. The molecule has 0 aliphatic rings. The minimum Gasteiger partial charge on any atom is -0.392 e. The first-order valence-corrected chi connectivity index (χ1v) is 6.95. The van der Waals surface area contributed by atoms with Crippen molar-refractivity contribution in [1.29, 1.82) is 0 Å². The Hall–Kier alpha value is -1.10. The Morgan fingerprint density at radius 1 is 1.33 bits per heavy atom. The van der Waals surface area contributed by atoms with Gasteiger partial charge in [0.1, 0.15) is 5.03 Å². The van der Waals surface area contributed by atoms with Crippen molar-refractivity contribution in [3.8, 4) is 0 Å². The number of thioether (sulfide) groups is 1. The third-order valence-electron chi connectivity index (χ3n) is 2.67. The van der Waals surface area contributed by atoms with Gasteiger partial charge >= 0.3 is 0 Å². The molecule has 0 aliphatic heterocycles. The minimum atomic E-state index is 0.0322. The van der Waals surface area contributed by atoms with E-state index in [0.717, 1.165) is 40.3 Å². The second kappa shape index (κ2) is 6.73. The Labute approximate surface area is 111 Å². The molecule has 18 heavy (non-hydrogen) atoms. The van der Waals surface area contributed by atoms with Gasteiger partial charge in [-0.2, -0.15) is 0 Å². The Morgan fingerprint density at radius 3 is 2.94 bits per heavy atom. The molecule has 2 rings (SSSR count). The van der Waals surface area contributed by atoms with Crippen molar-refractivity contribution in [3.63, 3.8) is 0 Å². The number of aliphatic hydroxyl groups is 1. The zero-order valence-electron chi connectivity index (χ0n) is 10.4. The molecule has 0 aliphatic carbocycles. The molecule has 0 bridgehead atoms. The highest BCUT2D eigenvalue weighted by Gasteiger charge is 2.06. The molecule has 0 atom stereocenters. The van der Waals surface area contributed by atoms with Crippen molar-refractivity contribution in [1.82, 2.24) is 4.98 Å². The first-order chi connectivity index (χ1) is 8.85. The van der Waals surface area contributed by atoms with Crippen LogP contribution in [0.15, 0.2) is 35.4 Å². The van der Waals surface area contributed by atoms with Crippen molar-refractivity contribution < 1.29 is 9.84 Å². The molecular weight excluding hydrogens is 246 g/mol. The molecule has 0 saturated heterocycles. The molecule has 0 amide bonds. The number of aliphatic hydroxyl groups excluding tert-OH is 1. The fourth-order valence-corrected chi connectivity index (χ4v) is 2.68. The molecule has 0 spiro atoms. The Kier molecular flexibility index (Phi) is 4.99. The van der Waals surface area contributed by atoms with Crippen LogP contribution in [0.2, 0.25) is 0 Å². The maximum absolute atomic E-state index is 9.40. The fourth-order valence-electron chi connectivity index (χ4n) is 1.75. The molecule has 0 unspecified atom stereocenters. The van der Waals surface area contributed by atoms with Gasteiger partial charge in [0.2, 0.25) is 0 Å². The number of fused-ring (bicyclic) bond motifs is 1. The maximum Gasteiger partial charge on any atom is 0.102 e. The molecule has 3 nitrogen and oxygen atoms in total. The van der Waals surface area contributed by atoms with E-state index < -0.39 is 0 Å². The zero-order valence-corrected chi connectivity index (χ0v) is 11.2. The smallest absolute Gasteiger partial charge is 0.102 e. The van der Waals surface area contributed by atoms with Crippen molar-refractivity contribution in [2.75, 3.05) is 19.5 Å². The molecular formula is C14H17NO2S. The maximum atomic E-state index is 9.40. The van der Waals surface area contributed by atoms with Crippen LogP contribution in [-0.4, -0.2) is 29.6 Å². The number of nitrogens with zero attached hydrogens (tertiary/aromatic N) is 1. The van der Waals surface area contributed by atoms with E-state index in [1.54, 1.807) is 18.9 Å². The van der Waals surface area contributed by atoms with E-state index in [-0.39, 0.29) is 6.61 Å². The molecule has 0 radical (unpaired) electrons. The van der Waals surface area contributed by atoms with E-state index >= 15 is 0 Å². The largest absolute Gasteiger partial charge is 0.392 e. The number of pyridine rings is 1. The number of methoxy groups -OCH3 is 1. The van der Waals surface area contributed by atoms with Gasteiger partial charge in [0.25, 0.3) is 0 Å². The van der Waals surface area contributed by atoms with Crippen LogP contribution in [0.4, 0.5) is 0 Å². The standard InChI is InChI=1S/C14H17NO2S/c1-17-7-4-8-18-14-12(10-16)9-11-5-2-3-6-13(11)15-14/h2-3,5-6,9,16H,4,7-8,10H2,1H3. The van der Waals surface area contributed by atoms with E-state index in [9.17, 15) is 5.11 Å². The summed E-state index contributed by atoms with van der Waals surface area (Å²) in [7, 11) is 1.71. The van der Waals surface area contributed by atoms with E-state index in [4.69, 9.17) is 4.74 Å². The van der Waals surface area contributed by atoms with Crippen LogP contribution in [-0.2, 0) is 11.3 Å². The zero-order chi connectivity index (χ0) is 12.8. The number of ether oxygens (including phenoxy) is 1. The molecule has 1 aromatic heterocycles. The van der Waals surface area contributed by atoms with Crippen LogP contribution >= 0.6 is 11.8 Å². The number of para-hydroxylation sites is 1. The molecule has 1 heterocycles. The van der Waals surface area contributed by atoms with E-state index in [0.29, 0.717) is 0 Å². The summed E-state index contributed by atoms with van der Waals surface area (Å²) in [6.07, 6.45) is 0.987. The first kappa shape index (κ1) is 13.3. The SMILES string of the molecule is COCCCSc1nc2ccccc2cc1CO. The van der Waals surface area contributed by atoms with Crippen molar-refractivity contribution in [3.05, 3.63) is 35.9 Å². The number of hydrogen-bond acceptors (Lipinski definition) is 4. The highest BCUT2D eigenvalue weighted by atomic mass is 32.2. The lowest BCUT2D eigenvalue weighted by atomic mass is 10.2. The van der Waals surface area contributed by atoms with Crippen molar-refractivity contribution >= 4 is 22.7 Å². The number of benzene rings is 1. The summed E-state index contributed by atoms with van der Waals surface area (Å²) in [5.74, 6) is 0.951. The number of aromatic nitrogens is 1. The van der Waals surface area contributed by atoms with Gasteiger partial charge in [-0.15, -0.1) is 11.8 Å². The average Bonchev–Trinajstić information content (AvgIpc) is 2.42. The summed E-state index contributed by atoms with van der Waals surface area (Å²) in [5, 5.41) is 11.4. The van der Waals surface area contributed by atoms with Gasteiger partial charge in [-0.25, -0.2) is 4.98 Å². The molecule has 0 fully saturated rings. The predicted octanol–water partition coefficient (Wildman–Crippen LogP) is 2.86. The fraction of sp³-hybridized carbons (Fsp3) is 0.357. The molecule has 4 heteroatoms. The van der Waals surface area contributed by atoms with Gasteiger partial charge in [-0.3, -0.25) is 0 Å². The van der Waals surface area contributed by atoms with E-state index in [1.165, 1.54) is 0 Å². The van der Waals surface area contributed by atoms with Crippen LogP contribution in [0.3, 0.4) is 0 Å². The van der Waals surface area contributed by atoms with Gasteiger partial charge in [0.05, 0.1) is 12.1 Å². The molecule has 2 aromatic rings. The predicted molar refractivity (Wildman–Crippen MR) is 74.9 cm³/mol. The lowest BCUT2D eigenvalue weighted by molar-refractivity contribution is 0.200. The van der Waals surface area contributed by atoms with Gasteiger partial charge in [0, 0.05) is 30.4 Å². The van der Waals surface area contributed by atoms with Crippen LogP contribution in [0, 0.1) is 0 Å². The lowest BCUT2D eigenvalue weighted by Gasteiger charge is -2.08. The number of hydrogen-bond donors (Lipinski definition) is 1. The van der Waals surface area contributed by atoms with Crippen molar-refractivity contribution in [2.45, 2.75) is 18.1 Å². The summed E-state index contributed by atoms with van der Waals surface area (Å²) in [4.78, 5) is 4.61. The quantitative estimate of drug-likeness (QED) is 0.643. The van der Waals surface area contributed by atoms with Crippen molar-refractivity contribution in [2.24, 2.45) is 0 Å². The van der Waals surface area contributed by atoms with Gasteiger partial charge in [0.15, 0.2) is 0 Å². The highest BCUT2D eigenvalue weighted by molar-refractivity contribution is 7.99. The lowest BCUT2D eigenvalue weighted by Crippen LogP contribution is -1.95. The van der Waals surface area contributed by atoms with Gasteiger partial charge in [-0.05, 0) is 18.6 Å². The van der Waals surface area contributed by atoms with E-state index in [1.807, 2.05) is 30.3 Å². The number of rotatable bonds is 6. The average molecular weight is 263 g/mol. The topological polar surface area (TPSA) is 42.4 Å². The Bertz CT molecular complexity index is 516. The van der Waals surface area contributed by atoms with Crippen LogP contribution in [0.25, 0.3) is 10.9 Å². The third-order valence-corrected chi connectivity index (χ3v) is 3.78. The monoisotopic (exact) mass is 263 g/mol. The molecule has 96 valence electrons. The Morgan fingerprint density at radius 2 is 2.17 bits per heavy atom.